The van der Waals surface area contributed by atoms with Crippen molar-refractivity contribution < 1.29 is 0 Å². The molecule has 2 nitrogen and oxygen atoms in total. The molecular formula is C71H56N2. The van der Waals surface area contributed by atoms with Crippen LogP contribution in [0.15, 0.2) is 272 Å². The van der Waals surface area contributed by atoms with Crippen molar-refractivity contribution in [2.45, 2.75) is 44.4 Å². The number of nitrogens with zero attached hydrogens (tertiary/aromatic N) is 2. The third-order valence-electron chi connectivity index (χ3n) is 15.9. The molecule has 0 fully saturated rings. The Hall–Kier alpha value is -8.72. The fraction of sp³-hybridized carbons (Fsp3) is 0.0986. The summed E-state index contributed by atoms with van der Waals surface area (Å²) in [5, 5.41) is 2.53. The van der Waals surface area contributed by atoms with Gasteiger partial charge in [0.2, 0.25) is 0 Å². The zero-order chi connectivity index (χ0) is 49.1. The molecule has 0 bridgehead atoms. The van der Waals surface area contributed by atoms with E-state index in [0.29, 0.717) is 0 Å². The van der Waals surface area contributed by atoms with Gasteiger partial charge in [0.15, 0.2) is 0 Å². The summed E-state index contributed by atoms with van der Waals surface area (Å²) >= 11 is 0. The average molecular weight is 937 g/mol. The monoisotopic (exact) mass is 936 g/mol. The molecule has 0 N–H and O–H groups in total. The predicted octanol–water partition coefficient (Wildman–Crippen LogP) is 18.4. The summed E-state index contributed by atoms with van der Waals surface area (Å²) in [5.41, 5.74) is 23.2. The summed E-state index contributed by atoms with van der Waals surface area (Å²) in [5.74, 6) is 0. The topological polar surface area (TPSA) is 8.17 Å². The van der Waals surface area contributed by atoms with E-state index in [1.54, 1.807) is 0 Å². The van der Waals surface area contributed by atoms with Crippen molar-refractivity contribution in [3.05, 3.63) is 306 Å². The van der Waals surface area contributed by atoms with Crippen LogP contribution in [0.3, 0.4) is 0 Å². The minimum absolute atomic E-state index is 0.0982. The lowest BCUT2D eigenvalue weighted by Gasteiger charge is -2.34. The Morgan fingerprint density at radius 3 is 1.68 bits per heavy atom. The highest BCUT2D eigenvalue weighted by molar-refractivity contribution is 6.10. The van der Waals surface area contributed by atoms with E-state index in [1.807, 2.05) is 0 Å². The molecule has 10 aromatic carbocycles. The van der Waals surface area contributed by atoms with Crippen LogP contribution in [0.4, 0.5) is 11.4 Å². The number of rotatable bonds is 10. The van der Waals surface area contributed by atoms with Crippen LogP contribution in [0.5, 0.6) is 0 Å². The third kappa shape index (κ3) is 7.23. The molecule has 0 spiro atoms. The molecule has 0 saturated heterocycles. The number of allylic oxidation sites excluding steroid dienone is 3. The van der Waals surface area contributed by atoms with E-state index in [0.717, 1.165) is 24.2 Å². The normalized spacial score (nSPS) is 14.8. The number of hydrogen-bond donors (Lipinski definition) is 0. The van der Waals surface area contributed by atoms with E-state index < -0.39 is 5.41 Å². The van der Waals surface area contributed by atoms with Crippen LogP contribution in [0.2, 0.25) is 0 Å². The van der Waals surface area contributed by atoms with E-state index in [-0.39, 0.29) is 5.41 Å². The molecule has 2 aliphatic rings. The van der Waals surface area contributed by atoms with Crippen LogP contribution in [0.1, 0.15) is 60.6 Å². The lowest BCUT2D eigenvalue weighted by Crippen LogP contribution is -2.28. The van der Waals surface area contributed by atoms with Crippen molar-refractivity contribution in [2.75, 3.05) is 4.90 Å². The molecule has 1 aromatic heterocycles. The predicted molar refractivity (Wildman–Crippen MR) is 307 cm³/mol. The van der Waals surface area contributed by atoms with Gasteiger partial charge in [-0.15, -0.1) is 0 Å². The van der Waals surface area contributed by atoms with Crippen LogP contribution < -0.4 is 4.90 Å². The van der Waals surface area contributed by atoms with Crippen LogP contribution >= 0.6 is 0 Å². The lowest BCUT2D eigenvalue weighted by atomic mass is 9.68. The number of aromatic nitrogens is 1. The number of para-hydroxylation sites is 2. The molecule has 0 amide bonds. The Labute approximate surface area is 429 Å². The fourth-order valence-corrected chi connectivity index (χ4v) is 12.4. The second-order valence-electron chi connectivity index (χ2n) is 20.3. The van der Waals surface area contributed by atoms with Crippen LogP contribution in [0.25, 0.3) is 60.9 Å². The summed E-state index contributed by atoms with van der Waals surface area (Å²) in [4.78, 5) is 2.50. The minimum atomic E-state index is -0.465. The van der Waals surface area contributed by atoms with E-state index in [2.05, 4.69) is 291 Å². The first-order valence-corrected chi connectivity index (χ1v) is 25.9. The molecular weight excluding hydrogens is 881 g/mol. The van der Waals surface area contributed by atoms with Crippen molar-refractivity contribution in [3.8, 4) is 39.1 Å². The zero-order valence-corrected chi connectivity index (χ0v) is 41.6. The zero-order valence-electron chi connectivity index (χ0n) is 41.6. The van der Waals surface area contributed by atoms with Crippen molar-refractivity contribution in [2.24, 2.45) is 0 Å². The molecule has 13 rings (SSSR count). The Morgan fingerprint density at radius 2 is 1.00 bits per heavy atom. The third-order valence-corrected chi connectivity index (χ3v) is 15.9. The standard InChI is InChI=1S/C71H56N2/c1-4-20-59(47-56-45-53-21-14-17-30-65(53)70(56,2)3)72(60-42-44-67-64(48-60)61-28-15-18-31-66(61)71(67,54-22-8-5-9-23-54)55-24-10-6-11-25-55)58-40-37-50(38-41-58)49-33-35-51(36-34-49)52-39-43-63-62-29-16-19-32-68(62)73(69(63)46-52)57-26-12-7-13-27-57/h5-44,46-48H,4,45H2,1-3H3/b56-47+,59-20+. The molecule has 0 unspecified atom stereocenters. The number of hydrogen-bond acceptors (Lipinski definition) is 1. The molecule has 0 saturated carbocycles. The second kappa shape index (κ2) is 17.8. The van der Waals surface area contributed by atoms with E-state index in [1.165, 1.54) is 106 Å². The van der Waals surface area contributed by atoms with Gasteiger partial charge in [-0.2, -0.15) is 0 Å². The molecule has 0 radical (unpaired) electrons. The van der Waals surface area contributed by atoms with Gasteiger partial charge in [0.1, 0.15) is 0 Å². The average Bonchev–Trinajstić information content (AvgIpc) is 4.04. The van der Waals surface area contributed by atoms with Gasteiger partial charge in [-0.05, 0) is 134 Å². The second-order valence-corrected chi connectivity index (χ2v) is 20.3. The Balaban J connectivity index is 0.910. The van der Waals surface area contributed by atoms with Gasteiger partial charge in [-0.3, -0.25) is 0 Å². The maximum absolute atomic E-state index is 2.50. The highest BCUT2D eigenvalue weighted by Gasteiger charge is 2.46. The number of anilines is 2. The van der Waals surface area contributed by atoms with Gasteiger partial charge in [0.25, 0.3) is 0 Å². The van der Waals surface area contributed by atoms with Crippen molar-refractivity contribution in [3.63, 3.8) is 0 Å². The molecule has 2 heteroatoms. The fourth-order valence-electron chi connectivity index (χ4n) is 12.4. The molecule has 11 aromatic rings. The highest BCUT2D eigenvalue weighted by atomic mass is 15.1. The quantitative estimate of drug-likeness (QED) is 0.133. The summed E-state index contributed by atoms with van der Waals surface area (Å²) in [6, 6.07) is 92.1. The molecule has 0 aliphatic heterocycles. The Bertz CT molecular complexity index is 3870. The lowest BCUT2D eigenvalue weighted by molar-refractivity contribution is 0.643. The van der Waals surface area contributed by atoms with Crippen LogP contribution in [-0.2, 0) is 17.3 Å². The van der Waals surface area contributed by atoms with E-state index in [9.17, 15) is 0 Å². The first-order chi connectivity index (χ1) is 35.9. The first kappa shape index (κ1) is 44.2. The van der Waals surface area contributed by atoms with E-state index in [4.69, 9.17) is 0 Å². The number of fused-ring (bicyclic) bond motifs is 7. The Kier molecular flexibility index (Phi) is 10.8. The minimum Gasteiger partial charge on any atom is -0.311 e. The van der Waals surface area contributed by atoms with Crippen molar-refractivity contribution >= 4 is 33.2 Å². The molecule has 1 heterocycles. The maximum Gasteiger partial charge on any atom is 0.0713 e. The van der Waals surface area contributed by atoms with Gasteiger partial charge in [-0.25, -0.2) is 0 Å². The molecule has 0 atom stereocenters. The summed E-state index contributed by atoms with van der Waals surface area (Å²) < 4.78 is 2.39. The largest absolute Gasteiger partial charge is 0.311 e. The summed E-state index contributed by atoms with van der Waals surface area (Å²) in [7, 11) is 0. The van der Waals surface area contributed by atoms with E-state index >= 15 is 0 Å². The molecule has 2 aliphatic carbocycles. The summed E-state index contributed by atoms with van der Waals surface area (Å²) in [6.45, 7) is 7.03. The summed E-state index contributed by atoms with van der Waals surface area (Å²) in [6.07, 6.45) is 6.74. The number of benzene rings is 10. The van der Waals surface area contributed by atoms with Gasteiger partial charge in [0.05, 0.1) is 16.4 Å². The highest BCUT2D eigenvalue weighted by Crippen LogP contribution is 2.57. The molecule has 73 heavy (non-hydrogen) atoms. The first-order valence-electron chi connectivity index (χ1n) is 25.9. The van der Waals surface area contributed by atoms with Gasteiger partial charge < -0.3 is 9.47 Å². The SMILES string of the molecule is CC/C=C(\C=C1/Cc2ccccc2C1(C)C)N(c1ccc(-c2ccc(-c3ccc4c5ccccc5n(-c5ccccc5)c4c3)cc2)cc1)c1ccc2c(c1)-c1ccccc1C2(c1ccccc1)c1ccccc1. The molecule has 350 valence electrons. The van der Waals surface area contributed by atoms with Crippen molar-refractivity contribution in [1.29, 1.82) is 0 Å². The van der Waals surface area contributed by atoms with Gasteiger partial charge in [-0.1, -0.05) is 233 Å². The van der Waals surface area contributed by atoms with Gasteiger partial charge in [0, 0.05) is 38.9 Å². The van der Waals surface area contributed by atoms with Crippen LogP contribution in [-0.4, -0.2) is 4.57 Å². The maximum atomic E-state index is 2.50. The van der Waals surface area contributed by atoms with Crippen molar-refractivity contribution in [1.82, 2.24) is 4.57 Å². The smallest absolute Gasteiger partial charge is 0.0713 e. The van der Waals surface area contributed by atoms with Crippen LogP contribution in [0, 0.1) is 0 Å². The van der Waals surface area contributed by atoms with Gasteiger partial charge >= 0.3 is 0 Å². The Morgan fingerprint density at radius 1 is 0.466 bits per heavy atom.